The largest absolute Gasteiger partial charge is 0.497 e. The maximum Gasteiger partial charge on any atom is 0.133 e. The molecule has 0 aliphatic rings. The Balaban J connectivity index is 2.22. The average molecular weight is 451 g/mol. The van der Waals surface area contributed by atoms with Crippen molar-refractivity contribution in [3.63, 3.8) is 0 Å². The molecular weight excluding hydrogens is 415 g/mol. The maximum atomic E-state index is 15.0. The van der Waals surface area contributed by atoms with Gasteiger partial charge in [0.1, 0.15) is 18.6 Å². The van der Waals surface area contributed by atoms with E-state index in [1.807, 2.05) is 18.2 Å². The van der Waals surface area contributed by atoms with Gasteiger partial charge in [0.2, 0.25) is 0 Å². The second-order valence-corrected chi connectivity index (χ2v) is 11.9. The molecule has 0 aliphatic heterocycles. The lowest BCUT2D eigenvalue weighted by molar-refractivity contribution is 0.396. The van der Waals surface area contributed by atoms with Crippen molar-refractivity contribution < 1.29 is 14.0 Å². The van der Waals surface area contributed by atoms with Crippen LogP contribution in [-0.2, 0) is 16.9 Å². The molecule has 32 heavy (non-hydrogen) atoms. The predicted molar refractivity (Wildman–Crippen MR) is 136 cm³/mol. The zero-order valence-electron chi connectivity index (χ0n) is 20.6. The molecule has 0 atom stereocenters. The summed E-state index contributed by atoms with van der Waals surface area (Å²) < 4.78 is 26.1. The molecule has 0 radical (unpaired) electrons. The normalized spacial score (nSPS) is 11.5. The van der Waals surface area contributed by atoms with E-state index >= 15 is 0 Å². The first-order valence-electron chi connectivity index (χ1n) is 11.0. The lowest BCUT2D eigenvalue weighted by Crippen LogP contribution is -2.14. The van der Waals surface area contributed by atoms with E-state index in [2.05, 4.69) is 65.8 Å². The quantitative estimate of drug-likeness (QED) is 0.366. The van der Waals surface area contributed by atoms with Gasteiger partial charge >= 0.3 is 0 Å². The summed E-state index contributed by atoms with van der Waals surface area (Å²) in [4.78, 5) is 0. The fourth-order valence-corrected chi connectivity index (χ4v) is 8.15. The minimum Gasteiger partial charge on any atom is -0.497 e. The summed E-state index contributed by atoms with van der Waals surface area (Å²) in [5.41, 5.74) is 9.54. The average Bonchev–Trinajstić information content (AvgIpc) is 2.73. The molecule has 0 heterocycles. The van der Waals surface area contributed by atoms with Crippen LogP contribution < -0.4 is 14.8 Å². The molecule has 0 aromatic heterocycles. The third kappa shape index (κ3) is 4.94. The first-order valence-corrected chi connectivity index (χ1v) is 13.1. The Kier molecular flexibility index (Phi) is 7.20. The van der Waals surface area contributed by atoms with Crippen LogP contribution in [0.25, 0.3) is 0 Å². The Bertz CT molecular complexity index is 1080. The highest BCUT2D eigenvalue weighted by Crippen LogP contribution is 2.55. The lowest BCUT2D eigenvalue weighted by Gasteiger charge is -2.25. The van der Waals surface area contributed by atoms with Gasteiger partial charge in [-0.25, -0.2) is 0 Å². The van der Waals surface area contributed by atoms with Gasteiger partial charge in [0.15, 0.2) is 0 Å². The van der Waals surface area contributed by atoms with Crippen molar-refractivity contribution in [3.8, 4) is 11.5 Å². The van der Waals surface area contributed by atoms with E-state index in [9.17, 15) is 4.57 Å². The lowest BCUT2D eigenvalue weighted by atomic mass is 10.0. The molecule has 3 aromatic rings. The Hall–Kier alpha value is -2.51. The van der Waals surface area contributed by atoms with Gasteiger partial charge in [-0.2, -0.15) is 0 Å². The Morgan fingerprint density at radius 3 is 1.47 bits per heavy atom. The van der Waals surface area contributed by atoms with Crippen molar-refractivity contribution in [1.29, 1.82) is 0 Å². The van der Waals surface area contributed by atoms with Gasteiger partial charge in [0.25, 0.3) is 0 Å². The molecule has 0 amide bonds. The topological polar surface area (TPSA) is 35.5 Å². The molecule has 3 aromatic carbocycles. The summed E-state index contributed by atoms with van der Waals surface area (Å²) in [6.45, 7) is 12.7. The summed E-state index contributed by atoms with van der Waals surface area (Å²) in [5, 5.41) is 0.777. The summed E-state index contributed by atoms with van der Waals surface area (Å²) in [6, 6.07) is 14.4. The van der Waals surface area contributed by atoms with Crippen LogP contribution in [0.5, 0.6) is 11.5 Å². The monoisotopic (exact) mass is 450 g/mol. The van der Waals surface area contributed by atoms with Crippen LogP contribution in [-0.4, -0.2) is 14.2 Å². The van der Waals surface area contributed by atoms with E-state index in [-0.39, 0.29) is 0 Å². The SMILES string of the molecule is COc1ccc(P(=O)(Cc2c(C)cc(C)cc2C)Cc2c(C)cc(C)cc2C)c(OC)c1. The van der Waals surface area contributed by atoms with Crippen LogP contribution in [0.4, 0.5) is 0 Å². The van der Waals surface area contributed by atoms with Crippen LogP contribution in [0.2, 0.25) is 0 Å². The fourth-order valence-electron chi connectivity index (χ4n) is 4.78. The van der Waals surface area contributed by atoms with Gasteiger partial charge in [-0.1, -0.05) is 35.4 Å². The number of methoxy groups -OCH3 is 2. The highest BCUT2D eigenvalue weighted by molar-refractivity contribution is 7.70. The van der Waals surface area contributed by atoms with Crippen molar-refractivity contribution in [3.05, 3.63) is 87.0 Å². The van der Waals surface area contributed by atoms with E-state index in [4.69, 9.17) is 9.47 Å². The molecule has 0 saturated heterocycles. The van der Waals surface area contributed by atoms with Crippen molar-refractivity contribution in [2.45, 2.75) is 53.9 Å². The molecule has 0 bridgehead atoms. The van der Waals surface area contributed by atoms with Crippen molar-refractivity contribution >= 4 is 12.4 Å². The van der Waals surface area contributed by atoms with Gasteiger partial charge < -0.3 is 14.0 Å². The highest BCUT2D eigenvalue weighted by Gasteiger charge is 2.32. The smallest absolute Gasteiger partial charge is 0.133 e. The Labute approximate surface area is 193 Å². The molecule has 0 unspecified atom stereocenters. The summed E-state index contributed by atoms with van der Waals surface area (Å²) in [6.07, 6.45) is 1.00. The van der Waals surface area contributed by atoms with Gasteiger partial charge in [-0.05, 0) is 87.1 Å². The molecule has 0 saturated carbocycles. The van der Waals surface area contributed by atoms with E-state index < -0.39 is 7.14 Å². The Morgan fingerprint density at radius 2 is 1.09 bits per heavy atom. The van der Waals surface area contributed by atoms with E-state index in [1.165, 1.54) is 44.5 Å². The molecule has 170 valence electrons. The van der Waals surface area contributed by atoms with Gasteiger partial charge in [0.05, 0.1) is 19.5 Å². The molecule has 0 N–H and O–H groups in total. The summed E-state index contributed by atoms with van der Waals surface area (Å²) in [7, 11) is 0.345. The van der Waals surface area contributed by atoms with E-state index in [1.54, 1.807) is 14.2 Å². The van der Waals surface area contributed by atoms with Crippen molar-refractivity contribution in [2.75, 3.05) is 14.2 Å². The van der Waals surface area contributed by atoms with E-state index in [0.717, 1.165) is 5.30 Å². The van der Waals surface area contributed by atoms with E-state index in [0.29, 0.717) is 23.8 Å². The second kappa shape index (κ2) is 9.55. The molecule has 3 nitrogen and oxygen atoms in total. The second-order valence-electron chi connectivity index (χ2n) is 9.00. The molecule has 0 aliphatic carbocycles. The summed E-state index contributed by atoms with van der Waals surface area (Å²) in [5.74, 6) is 1.32. The standard InChI is InChI=1S/C28H35O3P/c1-18-11-20(3)25(21(4)12-18)16-32(29,17-26-22(5)13-19(2)14-23(26)6)28-10-9-24(30-7)15-27(28)31-8/h9-15H,16-17H2,1-8H3. The first kappa shape index (κ1) is 24.1. The van der Waals surface area contributed by atoms with Crippen LogP contribution in [0.1, 0.15) is 44.5 Å². The van der Waals surface area contributed by atoms with Crippen LogP contribution in [0.15, 0.2) is 42.5 Å². The number of hydrogen-bond acceptors (Lipinski definition) is 3. The first-order chi connectivity index (χ1) is 15.1. The molecular formula is C28H35O3P. The van der Waals surface area contributed by atoms with Crippen LogP contribution in [0.3, 0.4) is 0 Å². The molecule has 4 heteroatoms. The maximum absolute atomic E-state index is 15.0. The third-order valence-electron chi connectivity index (χ3n) is 6.33. The Morgan fingerprint density at radius 1 is 0.656 bits per heavy atom. The zero-order chi connectivity index (χ0) is 23.6. The zero-order valence-corrected chi connectivity index (χ0v) is 21.5. The van der Waals surface area contributed by atoms with Crippen molar-refractivity contribution in [2.24, 2.45) is 0 Å². The van der Waals surface area contributed by atoms with Gasteiger partial charge in [-0.3, -0.25) is 0 Å². The number of ether oxygens (including phenoxy) is 2. The molecule has 0 fully saturated rings. The number of rotatable bonds is 7. The number of hydrogen-bond donors (Lipinski definition) is 0. The van der Waals surface area contributed by atoms with Gasteiger partial charge in [-0.15, -0.1) is 0 Å². The molecule has 0 spiro atoms. The number of aryl methyl sites for hydroxylation is 6. The van der Waals surface area contributed by atoms with Crippen molar-refractivity contribution in [1.82, 2.24) is 0 Å². The highest BCUT2D eigenvalue weighted by atomic mass is 31.2. The minimum absolute atomic E-state index is 0.500. The fraction of sp³-hybridized carbons (Fsp3) is 0.357. The summed E-state index contributed by atoms with van der Waals surface area (Å²) >= 11 is 0. The molecule has 3 rings (SSSR count). The van der Waals surface area contributed by atoms with Crippen LogP contribution in [0, 0.1) is 41.5 Å². The number of benzene rings is 3. The van der Waals surface area contributed by atoms with Gasteiger partial charge in [0, 0.05) is 18.4 Å². The third-order valence-corrected chi connectivity index (χ3v) is 9.24. The predicted octanol–water partition coefficient (Wildman–Crippen LogP) is 6.94. The minimum atomic E-state index is -2.92. The van der Waals surface area contributed by atoms with Crippen LogP contribution >= 0.6 is 7.14 Å².